The summed E-state index contributed by atoms with van der Waals surface area (Å²) in [6, 6.07) is 16.9. The van der Waals surface area contributed by atoms with Crippen molar-refractivity contribution in [2.75, 3.05) is 7.11 Å². The third kappa shape index (κ3) is 2.44. The normalized spacial score (nSPS) is 20.7. The van der Waals surface area contributed by atoms with Crippen molar-refractivity contribution in [1.29, 1.82) is 0 Å². The molecule has 2 N–H and O–H groups in total. The molecule has 0 amide bonds. The molecular weight excluding hydrogens is 246 g/mol. The van der Waals surface area contributed by atoms with Crippen molar-refractivity contribution >= 4 is 0 Å². The first-order valence-corrected chi connectivity index (χ1v) is 7.21. The van der Waals surface area contributed by atoms with Crippen LogP contribution in [0.2, 0.25) is 0 Å². The molecule has 0 fully saturated rings. The van der Waals surface area contributed by atoms with E-state index in [1.165, 1.54) is 16.7 Å². The van der Waals surface area contributed by atoms with E-state index in [1.807, 2.05) is 12.1 Å². The molecule has 1 atom stereocenters. The van der Waals surface area contributed by atoms with Gasteiger partial charge in [0.05, 0.1) is 7.11 Å². The van der Waals surface area contributed by atoms with Crippen molar-refractivity contribution in [2.45, 2.75) is 31.2 Å². The Labute approximate surface area is 120 Å². The lowest BCUT2D eigenvalue weighted by Gasteiger charge is -2.25. The van der Waals surface area contributed by atoms with E-state index in [-0.39, 0.29) is 5.54 Å². The van der Waals surface area contributed by atoms with Crippen molar-refractivity contribution in [3.8, 4) is 5.75 Å². The first-order chi connectivity index (χ1) is 9.71. The van der Waals surface area contributed by atoms with E-state index in [4.69, 9.17) is 10.5 Å². The van der Waals surface area contributed by atoms with E-state index < -0.39 is 0 Å². The smallest absolute Gasteiger partial charge is 0.118 e. The van der Waals surface area contributed by atoms with Crippen molar-refractivity contribution in [1.82, 2.24) is 0 Å². The number of hydrogen-bond acceptors (Lipinski definition) is 2. The summed E-state index contributed by atoms with van der Waals surface area (Å²) in [7, 11) is 1.69. The number of fused-ring (bicyclic) bond motifs is 1. The van der Waals surface area contributed by atoms with Crippen LogP contribution in [0.25, 0.3) is 0 Å². The summed E-state index contributed by atoms with van der Waals surface area (Å²) in [6.07, 6.45) is 4.17. The Kier molecular flexibility index (Phi) is 3.49. The molecule has 3 rings (SSSR count). The highest BCUT2D eigenvalue weighted by Gasteiger charge is 2.33. The van der Waals surface area contributed by atoms with E-state index in [1.54, 1.807) is 7.11 Å². The topological polar surface area (TPSA) is 35.2 Å². The lowest BCUT2D eigenvalue weighted by molar-refractivity contribution is 0.406. The minimum absolute atomic E-state index is 0.156. The highest BCUT2D eigenvalue weighted by Crippen LogP contribution is 2.37. The zero-order chi connectivity index (χ0) is 14.0. The van der Waals surface area contributed by atoms with Gasteiger partial charge < -0.3 is 10.5 Å². The highest BCUT2D eigenvalue weighted by atomic mass is 16.5. The van der Waals surface area contributed by atoms with Crippen LogP contribution in [0, 0.1) is 0 Å². The van der Waals surface area contributed by atoms with Gasteiger partial charge in [-0.1, -0.05) is 36.4 Å². The molecule has 1 aliphatic rings. The quantitative estimate of drug-likeness (QED) is 0.921. The molecule has 1 aliphatic carbocycles. The van der Waals surface area contributed by atoms with Crippen LogP contribution in [0.3, 0.4) is 0 Å². The van der Waals surface area contributed by atoms with E-state index >= 15 is 0 Å². The Morgan fingerprint density at radius 3 is 2.60 bits per heavy atom. The fourth-order valence-electron chi connectivity index (χ4n) is 3.14. The minimum Gasteiger partial charge on any atom is -0.497 e. The van der Waals surface area contributed by atoms with Gasteiger partial charge in [0, 0.05) is 5.54 Å². The van der Waals surface area contributed by atoms with Crippen LogP contribution in [0.1, 0.15) is 29.5 Å². The van der Waals surface area contributed by atoms with Crippen molar-refractivity contribution in [2.24, 2.45) is 5.73 Å². The summed E-state index contributed by atoms with van der Waals surface area (Å²) in [4.78, 5) is 0. The number of nitrogens with two attached hydrogens (primary N) is 1. The predicted molar refractivity (Wildman–Crippen MR) is 81.9 cm³/mol. The zero-order valence-corrected chi connectivity index (χ0v) is 11.9. The summed E-state index contributed by atoms with van der Waals surface area (Å²) in [5, 5.41) is 0. The van der Waals surface area contributed by atoms with Crippen LogP contribution < -0.4 is 10.5 Å². The summed E-state index contributed by atoms with van der Waals surface area (Å²) in [5.41, 5.74) is 10.6. The zero-order valence-electron chi connectivity index (χ0n) is 11.9. The summed E-state index contributed by atoms with van der Waals surface area (Å²) in [5.74, 6) is 0.905. The lowest BCUT2D eigenvalue weighted by atomic mass is 9.86. The first kappa shape index (κ1) is 13.2. The Bertz CT molecular complexity index is 591. The van der Waals surface area contributed by atoms with Crippen LogP contribution in [0.4, 0.5) is 0 Å². The molecule has 1 unspecified atom stereocenters. The first-order valence-electron chi connectivity index (χ1n) is 7.21. The van der Waals surface area contributed by atoms with Crippen molar-refractivity contribution < 1.29 is 4.74 Å². The number of aryl methyl sites for hydroxylation is 2. The summed E-state index contributed by atoms with van der Waals surface area (Å²) in [6.45, 7) is 0. The molecule has 104 valence electrons. The number of methoxy groups -OCH3 is 1. The Morgan fingerprint density at radius 1 is 1.10 bits per heavy atom. The Balaban J connectivity index is 1.72. The third-order valence-electron chi connectivity index (χ3n) is 4.41. The van der Waals surface area contributed by atoms with Gasteiger partial charge in [0.25, 0.3) is 0 Å². The van der Waals surface area contributed by atoms with Crippen LogP contribution in [-0.4, -0.2) is 7.11 Å². The number of rotatable bonds is 4. The largest absolute Gasteiger partial charge is 0.497 e. The monoisotopic (exact) mass is 267 g/mol. The molecule has 0 saturated heterocycles. The molecule has 2 heteroatoms. The number of benzene rings is 2. The predicted octanol–water partition coefficient (Wildman–Crippen LogP) is 3.43. The standard InChI is InChI=1S/C18H21NO/c1-20-16-8-6-14(7-9-16)10-12-18(19)13-11-15-4-2-3-5-17(15)18/h2-9H,10-13,19H2,1H3. The summed E-state index contributed by atoms with van der Waals surface area (Å²) >= 11 is 0. The van der Waals surface area contributed by atoms with Crippen molar-refractivity contribution in [3.63, 3.8) is 0 Å². The maximum Gasteiger partial charge on any atom is 0.118 e. The van der Waals surface area contributed by atoms with E-state index in [9.17, 15) is 0 Å². The second-order valence-corrected chi connectivity index (χ2v) is 5.66. The average Bonchev–Trinajstić information content (AvgIpc) is 2.84. The molecule has 0 saturated carbocycles. The molecule has 2 nitrogen and oxygen atoms in total. The van der Waals surface area contributed by atoms with Gasteiger partial charge >= 0.3 is 0 Å². The molecule has 0 aliphatic heterocycles. The second kappa shape index (κ2) is 5.29. The molecule has 2 aromatic rings. The molecule has 2 aromatic carbocycles. The van der Waals surface area contributed by atoms with Crippen LogP contribution >= 0.6 is 0 Å². The van der Waals surface area contributed by atoms with Gasteiger partial charge in [0.15, 0.2) is 0 Å². The molecule has 0 spiro atoms. The Morgan fingerprint density at radius 2 is 1.85 bits per heavy atom. The Hall–Kier alpha value is -1.80. The van der Waals surface area contributed by atoms with E-state index in [2.05, 4.69) is 36.4 Å². The van der Waals surface area contributed by atoms with Gasteiger partial charge in [-0.25, -0.2) is 0 Å². The van der Waals surface area contributed by atoms with Gasteiger partial charge in [0.1, 0.15) is 5.75 Å². The van der Waals surface area contributed by atoms with Gasteiger partial charge in [-0.05, 0) is 54.5 Å². The molecule has 0 bridgehead atoms. The lowest BCUT2D eigenvalue weighted by Crippen LogP contribution is -2.34. The van der Waals surface area contributed by atoms with Crippen molar-refractivity contribution in [3.05, 3.63) is 65.2 Å². The molecular formula is C18H21NO. The van der Waals surface area contributed by atoms with E-state index in [0.717, 1.165) is 31.4 Å². The summed E-state index contributed by atoms with van der Waals surface area (Å²) < 4.78 is 5.19. The molecule has 0 aromatic heterocycles. The van der Waals surface area contributed by atoms with Gasteiger partial charge in [-0.15, -0.1) is 0 Å². The average molecular weight is 267 g/mol. The van der Waals surface area contributed by atoms with E-state index in [0.29, 0.717) is 0 Å². The maximum atomic E-state index is 6.65. The van der Waals surface area contributed by atoms with Gasteiger partial charge in [-0.2, -0.15) is 0 Å². The number of ether oxygens (including phenoxy) is 1. The third-order valence-corrected chi connectivity index (χ3v) is 4.41. The van der Waals surface area contributed by atoms with Gasteiger partial charge in [-0.3, -0.25) is 0 Å². The van der Waals surface area contributed by atoms with Crippen LogP contribution in [-0.2, 0) is 18.4 Å². The van der Waals surface area contributed by atoms with Crippen LogP contribution in [0.5, 0.6) is 5.75 Å². The second-order valence-electron chi connectivity index (χ2n) is 5.66. The van der Waals surface area contributed by atoms with Crippen LogP contribution in [0.15, 0.2) is 48.5 Å². The van der Waals surface area contributed by atoms with Gasteiger partial charge in [0.2, 0.25) is 0 Å². The SMILES string of the molecule is COc1ccc(CCC2(N)CCc3ccccc32)cc1. The minimum atomic E-state index is -0.156. The molecule has 0 radical (unpaired) electrons. The molecule has 20 heavy (non-hydrogen) atoms. The fourth-order valence-corrected chi connectivity index (χ4v) is 3.14. The highest BCUT2D eigenvalue weighted by molar-refractivity contribution is 5.38. The number of hydrogen-bond donors (Lipinski definition) is 1. The fraction of sp³-hybridized carbons (Fsp3) is 0.333. The maximum absolute atomic E-state index is 6.65. The molecule has 0 heterocycles.